The lowest BCUT2D eigenvalue weighted by atomic mass is 10.1. The molecule has 2 heterocycles. The molecular formula is C17H22N4O4S. The number of carbonyl (C=O) groups is 1. The number of benzene rings is 1. The molecule has 1 atom stereocenters. The number of aromatic nitrogens is 2. The monoisotopic (exact) mass is 378 g/mol. The van der Waals surface area contributed by atoms with Crippen molar-refractivity contribution in [1.29, 1.82) is 0 Å². The van der Waals surface area contributed by atoms with Gasteiger partial charge in [0.1, 0.15) is 0 Å². The molecule has 1 saturated heterocycles. The first-order valence-electron chi connectivity index (χ1n) is 8.48. The molecule has 26 heavy (non-hydrogen) atoms. The van der Waals surface area contributed by atoms with E-state index in [0.717, 1.165) is 6.42 Å². The van der Waals surface area contributed by atoms with Crippen LogP contribution in [0.3, 0.4) is 0 Å². The Hall–Kier alpha value is -2.23. The van der Waals surface area contributed by atoms with E-state index in [-0.39, 0.29) is 16.7 Å². The summed E-state index contributed by atoms with van der Waals surface area (Å²) in [6.07, 6.45) is 4.32. The van der Waals surface area contributed by atoms with E-state index in [1.54, 1.807) is 35.3 Å². The first-order chi connectivity index (χ1) is 12.5. The summed E-state index contributed by atoms with van der Waals surface area (Å²) in [7, 11) is -3.66. The zero-order valence-electron chi connectivity index (χ0n) is 14.3. The van der Waals surface area contributed by atoms with Gasteiger partial charge in [0.05, 0.1) is 18.0 Å². The van der Waals surface area contributed by atoms with E-state index in [4.69, 9.17) is 4.74 Å². The second-order valence-corrected chi connectivity index (χ2v) is 7.90. The lowest BCUT2D eigenvalue weighted by Gasteiger charge is -2.11. The number of hydrogen-bond donors (Lipinski definition) is 2. The highest BCUT2D eigenvalue weighted by Gasteiger charge is 2.21. The fourth-order valence-electron chi connectivity index (χ4n) is 2.68. The molecule has 140 valence electrons. The van der Waals surface area contributed by atoms with Gasteiger partial charge in [-0.05, 0) is 36.6 Å². The third kappa shape index (κ3) is 4.90. The van der Waals surface area contributed by atoms with Gasteiger partial charge in [0.25, 0.3) is 5.91 Å². The van der Waals surface area contributed by atoms with E-state index in [1.165, 1.54) is 12.1 Å². The maximum Gasteiger partial charge on any atom is 0.251 e. The Labute approximate surface area is 152 Å². The maximum atomic E-state index is 12.4. The van der Waals surface area contributed by atoms with Gasteiger partial charge in [0.2, 0.25) is 10.0 Å². The van der Waals surface area contributed by atoms with Crippen molar-refractivity contribution < 1.29 is 17.9 Å². The molecular weight excluding hydrogens is 356 g/mol. The fourth-order valence-corrected chi connectivity index (χ4v) is 3.84. The van der Waals surface area contributed by atoms with Crippen molar-refractivity contribution in [2.45, 2.75) is 17.9 Å². The molecule has 1 aromatic carbocycles. The number of sulfonamides is 1. The second kappa shape index (κ2) is 8.43. The molecule has 9 heteroatoms. The van der Waals surface area contributed by atoms with Crippen LogP contribution in [0.4, 0.5) is 0 Å². The quantitative estimate of drug-likeness (QED) is 0.701. The van der Waals surface area contributed by atoms with E-state index in [0.29, 0.717) is 38.4 Å². The van der Waals surface area contributed by atoms with Crippen LogP contribution in [0.5, 0.6) is 0 Å². The van der Waals surface area contributed by atoms with Crippen molar-refractivity contribution >= 4 is 15.9 Å². The summed E-state index contributed by atoms with van der Waals surface area (Å²) >= 11 is 0. The van der Waals surface area contributed by atoms with Crippen LogP contribution in [-0.4, -0.2) is 50.4 Å². The minimum Gasteiger partial charge on any atom is -0.381 e. The van der Waals surface area contributed by atoms with Gasteiger partial charge in [0, 0.05) is 37.7 Å². The zero-order valence-corrected chi connectivity index (χ0v) is 15.1. The summed E-state index contributed by atoms with van der Waals surface area (Å²) in [6.45, 7) is 2.52. The number of amides is 1. The van der Waals surface area contributed by atoms with Gasteiger partial charge in [0.15, 0.2) is 0 Å². The molecule has 0 spiro atoms. The van der Waals surface area contributed by atoms with Gasteiger partial charge >= 0.3 is 0 Å². The highest BCUT2D eigenvalue weighted by molar-refractivity contribution is 7.89. The Morgan fingerprint density at radius 2 is 2.23 bits per heavy atom. The Morgan fingerprint density at radius 3 is 2.96 bits per heavy atom. The van der Waals surface area contributed by atoms with E-state index in [9.17, 15) is 13.2 Å². The number of nitrogens with zero attached hydrogens (tertiary/aromatic N) is 2. The van der Waals surface area contributed by atoms with Crippen molar-refractivity contribution in [3.05, 3.63) is 48.3 Å². The molecule has 8 nitrogen and oxygen atoms in total. The maximum absolute atomic E-state index is 12.4. The summed E-state index contributed by atoms with van der Waals surface area (Å²) in [5, 5.41) is 6.82. The number of rotatable bonds is 8. The Kier molecular flexibility index (Phi) is 6.02. The second-order valence-electron chi connectivity index (χ2n) is 6.13. The number of ether oxygens (including phenoxy) is 1. The van der Waals surface area contributed by atoms with Crippen LogP contribution < -0.4 is 10.0 Å². The van der Waals surface area contributed by atoms with Crippen molar-refractivity contribution in [1.82, 2.24) is 19.8 Å². The van der Waals surface area contributed by atoms with Crippen LogP contribution in [0, 0.1) is 5.92 Å². The minimum absolute atomic E-state index is 0.0798. The van der Waals surface area contributed by atoms with E-state index >= 15 is 0 Å². The van der Waals surface area contributed by atoms with Gasteiger partial charge in [-0.3, -0.25) is 9.48 Å². The number of nitrogens with one attached hydrogen (secondary N) is 2. The average Bonchev–Trinajstić information content (AvgIpc) is 3.34. The predicted molar refractivity (Wildman–Crippen MR) is 95.1 cm³/mol. The molecule has 1 fully saturated rings. The van der Waals surface area contributed by atoms with Crippen LogP contribution in [0.15, 0.2) is 47.6 Å². The minimum atomic E-state index is -3.66. The van der Waals surface area contributed by atoms with Crippen molar-refractivity contribution in [2.75, 3.05) is 26.3 Å². The Balaban J connectivity index is 1.58. The van der Waals surface area contributed by atoms with E-state index in [1.807, 2.05) is 0 Å². The van der Waals surface area contributed by atoms with Crippen molar-refractivity contribution in [3.63, 3.8) is 0 Å². The molecule has 2 N–H and O–H groups in total. The summed E-state index contributed by atoms with van der Waals surface area (Å²) in [4.78, 5) is 12.3. The van der Waals surface area contributed by atoms with Crippen LogP contribution in [-0.2, 0) is 21.3 Å². The third-order valence-corrected chi connectivity index (χ3v) is 5.60. The molecule has 3 rings (SSSR count). The van der Waals surface area contributed by atoms with Gasteiger partial charge in [-0.15, -0.1) is 0 Å². The van der Waals surface area contributed by atoms with Crippen molar-refractivity contribution in [3.8, 4) is 0 Å². The number of carbonyl (C=O) groups excluding carboxylic acids is 1. The molecule has 0 bridgehead atoms. The highest BCUT2D eigenvalue weighted by Crippen LogP contribution is 2.15. The van der Waals surface area contributed by atoms with Crippen LogP contribution in [0.2, 0.25) is 0 Å². The van der Waals surface area contributed by atoms with Crippen molar-refractivity contribution in [2.24, 2.45) is 5.92 Å². The first kappa shape index (κ1) is 18.6. The van der Waals surface area contributed by atoms with Gasteiger partial charge in [-0.2, -0.15) is 5.10 Å². The Morgan fingerprint density at radius 1 is 1.35 bits per heavy atom. The smallest absolute Gasteiger partial charge is 0.251 e. The topological polar surface area (TPSA) is 102 Å². The van der Waals surface area contributed by atoms with Crippen LogP contribution >= 0.6 is 0 Å². The summed E-state index contributed by atoms with van der Waals surface area (Å²) in [5.41, 5.74) is 0.303. The van der Waals surface area contributed by atoms with E-state index < -0.39 is 10.0 Å². The average molecular weight is 378 g/mol. The predicted octanol–water partition coefficient (Wildman–Crippen LogP) is 0.628. The molecule has 1 amide bonds. The van der Waals surface area contributed by atoms with E-state index in [2.05, 4.69) is 15.1 Å². The zero-order chi connectivity index (χ0) is 18.4. The molecule has 0 saturated carbocycles. The summed E-state index contributed by atoms with van der Waals surface area (Å²) in [6, 6.07) is 7.83. The summed E-state index contributed by atoms with van der Waals surface area (Å²) in [5.74, 6) is -0.128. The fraction of sp³-hybridized carbons (Fsp3) is 0.412. The molecule has 1 aliphatic heterocycles. The standard InChI is InChI=1S/C17H22N4O4S/c22-17(18-7-9-21-8-2-6-19-21)15-3-1-4-16(11-15)26(23,24)20-12-14-5-10-25-13-14/h1-4,6,8,11,14,20H,5,7,9-10,12-13H2,(H,18,22)/t14-/m1/s1. The first-order valence-corrected chi connectivity index (χ1v) is 9.96. The molecule has 1 aliphatic rings. The van der Waals surface area contributed by atoms with Gasteiger partial charge in [-0.25, -0.2) is 13.1 Å². The SMILES string of the molecule is O=C(NCCn1cccn1)c1cccc(S(=O)(=O)NC[C@H]2CCOC2)c1. The molecule has 1 aromatic heterocycles. The number of hydrogen-bond acceptors (Lipinski definition) is 5. The summed E-state index contributed by atoms with van der Waals surface area (Å²) < 4.78 is 34.4. The molecule has 2 aromatic rings. The lowest BCUT2D eigenvalue weighted by molar-refractivity contribution is 0.0951. The highest BCUT2D eigenvalue weighted by atomic mass is 32.2. The third-order valence-electron chi connectivity index (χ3n) is 4.18. The normalized spacial score (nSPS) is 17.3. The van der Waals surface area contributed by atoms with Gasteiger partial charge in [-0.1, -0.05) is 6.07 Å². The lowest BCUT2D eigenvalue weighted by Crippen LogP contribution is -2.30. The molecule has 0 aliphatic carbocycles. The Bertz CT molecular complexity index is 830. The van der Waals surface area contributed by atoms with Gasteiger partial charge < -0.3 is 10.1 Å². The van der Waals surface area contributed by atoms with Crippen LogP contribution in [0.25, 0.3) is 0 Å². The molecule has 0 radical (unpaired) electrons. The largest absolute Gasteiger partial charge is 0.381 e. The van der Waals surface area contributed by atoms with Crippen LogP contribution in [0.1, 0.15) is 16.8 Å². The molecule has 0 unspecified atom stereocenters.